The Kier molecular flexibility index (Phi) is 7.85. The van der Waals surface area contributed by atoms with Crippen molar-refractivity contribution in [2.45, 2.75) is 39.1 Å². The van der Waals surface area contributed by atoms with E-state index in [0.717, 1.165) is 0 Å². The van der Waals surface area contributed by atoms with Gasteiger partial charge in [0, 0.05) is 5.92 Å². The van der Waals surface area contributed by atoms with Crippen molar-refractivity contribution < 1.29 is 32.7 Å². The highest BCUT2D eigenvalue weighted by Gasteiger charge is 2.43. The van der Waals surface area contributed by atoms with Crippen LogP contribution in [0.3, 0.4) is 0 Å². The molecule has 3 rings (SSSR count). The molecule has 1 amide bonds. The van der Waals surface area contributed by atoms with Crippen LogP contribution in [0.5, 0.6) is 5.75 Å². The lowest BCUT2D eigenvalue weighted by Crippen LogP contribution is -2.35. The second-order valence-electron chi connectivity index (χ2n) is 7.77. The number of nitrogens with zero attached hydrogens (tertiary/aromatic N) is 3. The predicted molar refractivity (Wildman–Crippen MR) is 116 cm³/mol. The molecule has 1 saturated heterocycles. The molecule has 180 valence electrons. The molecule has 2 heterocycles. The van der Waals surface area contributed by atoms with Gasteiger partial charge >= 0.3 is 13.7 Å². The van der Waals surface area contributed by atoms with Crippen molar-refractivity contribution in [3.63, 3.8) is 0 Å². The van der Waals surface area contributed by atoms with Gasteiger partial charge in [-0.25, -0.2) is 14.2 Å². The molecule has 1 aromatic heterocycles. The molecule has 1 aliphatic heterocycles. The van der Waals surface area contributed by atoms with Crippen LogP contribution < -0.4 is 15.3 Å². The first-order chi connectivity index (χ1) is 15.6. The second-order valence-corrected chi connectivity index (χ2v) is 9.46. The number of carbonyl (C=O) groups is 2. The molecule has 13 heteroatoms. The lowest BCUT2D eigenvalue weighted by Gasteiger charge is -2.24. The molecule has 0 bridgehead atoms. The number of para-hydroxylation sites is 1. The number of nitrogens with one attached hydrogen (secondary N) is 1. The van der Waals surface area contributed by atoms with Gasteiger partial charge in [0.1, 0.15) is 18.1 Å². The van der Waals surface area contributed by atoms with Crippen molar-refractivity contribution in [3.05, 3.63) is 42.5 Å². The van der Waals surface area contributed by atoms with E-state index in [1.54, 1.807) is 30.3 Å². The number of rotatable bonds is 10. The Morgan fingerprint density at radius 1 is 1.27 bits per heavy atom. The van der Waals surface area contributed by atoms with Crippen LogP contribution in [-0.2, 0) is 23.4 Å². The van der Waals surface area contributed by atoms with E-state index in [2.05, 4.69) is 15.2 Å². The summed E-state index contributed by atoms with van der Waals surface area (Å²) in [6.07, 6.45) is 0.375. The molecule has 1 aliphatic rings. The number of primary amides is 1. The molecule has 0 aliphatic carbocycles. The van der Waals surface area contributed by atoms with Gasteiger partial charge in [0.15, 0.2) is 6.23 Å². The van der Waals surface area contributed by atoms with Crippen LogP contribution in [0.15, 0.2) is 36.7 Å². The minimum Gasteiger partial charge on any atom is -0.468 e. The van der Waals surface area contributed by atoms with Crippen molar-refractivity contribution >= 4 is 19.6 Å². The van der Waals surface area contributed by atoms with Gasteiger partial charge in [0.05, 0.1) is 19.8 Å². The van der Waals surface area contributed by atoms with E-state index in [9.17, 15) is 14.2 Å². The number of carbonyl (C=O) groups excluding carboxylic acids is 2. The fourth-order valence-corrected chi connectivity index (χ4v) is 4.88. The molecule has 0 saturated carbocycles. The Morgan fingerprint density at radius 2 is 1.97 bits per heavy atom. The number of hydrogen-bond acceptors (Lipinski definition) is 9. The minimum absolute atomic E-state index is 0.0283. The second kappa shape index (κ2) is 10.4. The average molecular weight is 481 g/mol. The van der Waals surface area contributed by atoms with E-state index in [0.29, 0.717) is 5.75 Å². The molecule has 12 nitrogen and oxygen atoms in total. The zero-order chi connectivity index (χ0) is 24.2. The minimum atomic E-state index is -3.99. The summed E-state index contributed by atoms with van der Waals surface area (Å²) >= 11 is 0. The first kappa shape index (κ1) is 24.8. The van der Waals surface area contributed by atoms with Crippen LogP contribution in [0.1, 0.15) is 37.6 Å². The van der Waals surface area contributed by atoms with Gasteiger partial charge in [-0.1, -0.05) is 32.0 Å². The summed E-state index contributed by atoms with van der Waals surface area (Å²) in [7, 11) is -2.76. The van der Waals surface area contributed by atoms with Crippen LogP contribution in [0.4, 0.5) is 0 Å². The number of hydrogen-bond donors (Lipinski definition) is 2. The number of aromatic nitrogens is 3. The van der Waals surface area contributed by atoms with E-state index < -0.39 is 38.0 Å². The van der Waals surface area contributed by atoms with Gasteiger partial charge in [0.2, 0.25) is 5.82 Å². The summed E-state index contributed by atoms with van der Waals surface area (Å²) in [5.41, 5.74) is 5.22. The Bertz CT molecular complexity index is 1020. The van der Waals surface area contributed by atoms with Gasteiger partial charge in [-0.05, 0) is 25.0 Å². The molecule has 1 fully saturated rings. The zero-order valence-electron chi connectivity index (χ0n) is 18.8. The molecule has 0 radical (unpaired) electrons. The van der Waals surface area contributed by atoms with E-state index in [1.807, 2.05) is 13.8 Å². The maximum absolute atomic E-state index is 13.5. The molecule has 6 atom stereocenters. The monoisotopic (exact) mass is 481 g/mol. The summed E-state index contributed by atoms with van der Waals surface area (Å²) in [6, 6.07) is 7.52. The largest absolute Gasteiger partial charge is 0.468 e. The van der Waals surface area contributed by atoms with Crippen molar-refractivity contribution in [1.29, 1.82) is 0 Å². The van der Waals surface area contributed by atoms with Gasteiger partial charge in [-0.3, -0.25) is 14.1 Å². The Hall–Kier alpha value is -2.79. The van der Waals surface area contributed by atoms with Crippen LogP contribution in [-0.4, -0.2) is 52.5 Å². The fourth-order valence-electron chi connectivity index (χ4n) is 3.38. The van der Waals surface area contributed by atoms with E-state index in [-0.39, 0.29) is 24.3 Å². The third kappa shape index (κ3) is 5.97. The third-order valence-electron chi connectivity index (χ3n) is 5.45. The molecule has 0 spiro atoms. The first-order valence-electron chi connectivity index (χ1n) is 10.3. The number of amides is 1. The highest BCUT2D eigenvalue weighted by Crippen LogP contribution is 2.47. The molecule has 3 N–H and O–H groups in total. The highest BCUT2D eigenvalue weighted by atomic mass is 31.2. The lowest BCUT2D eigenvalue weighted by molar-refractivity contribution is -0.142. The van der Waals surface area contributed by atoms with E-state index >= 15 is 0 Å². The van der Waals surface area contributed by atoms with Gasteiger partial charge in [-0.2, -0.15) is 5.09 Å². The Labute approximate surface area is 191 Å². The summed E-state index contributed by atoms with van der Waals surface area (Å²) < 4.78 is 37.0. The van der Waals surface area contributed by atoms with E-state index in [1.165, 1.54) is 25.0 Å². The van der Waals surface area contributed by atoms with Crippen LogP contribution >= 0.6 is 7.75 Å². The lowest BCUT2D eigenvalue weighted by atomic mass is 9.93. The number of benzene rings is 1. The number of nitrogens with two attached hydrogens (primary N) is 1. The molecule has 2 aromatic rings. The molecular formula is C20H28N5O7P. The topological polar surface area (TPSA) is 157 Å². The first-order valence-corrected chi connectivity index (χ1v) is 11.9. The number of methoxy groups -OCH3 is 1. The third-order valence-corrected chi connectivity index (χ3v) is 7.10. The maximum Gasteiger partial charge on any atom is 0.459 e. The highest BCUT2D eigenvalue weighted by molar-refractivity contribution is 7.52. The van der Waals surface area contributed by atoms with Crippen molar-refractivity contribution in [2.75, 3.05) is 13.7 Å². The van der Waals surface area contributed by atoms with Crippen molar-refractivity contribution in [3.8, 4) is 5.75 Å². The smallest absolute Gasteiger partial charge is 0.459 e. The van der Waals surface area contributed by atoms with Gasteiger partial charge in [-0.15, -0.1) is 5.10 Å². The summed E-state index contributed by atoms with van der Waals surface area (Å²) in [6.45, 7) is 5.31. The molecule has 6 unspecified atom stereocenters. The Morgan fingerprint density at radius 3 is 2.58 bits per heavy atom. The van der Waals surface area contributed by atoms with Crippen molar-refractivity contribution in [1.82, 2.24) is 19.9 Å². The standard InChI is InChI=1S/C20H28N5O7P/c1-12-13(2)19(25-11-22-18(23-25)17(21)26)31-16(12)10-30-33(28,24-14(3)20(27)29-4)32-15-8-6-5-7-9-15/h5-9,11-14,16,19H,10H2,1-4H3,(H2,21,26)(H,24,28). The quantitative estimate of drug-likeness (QED) is 0.379. The van der Waals surface area contributed by atoms with Crippen LogP contribution in [0, 0.1) is 11.8 Å². The summed E-state index contributed by atoms with van der Waals surface area (Å²) in [5.74, 6) is -1.22. The zero-order valence-corrected chi connectivity index (χ0v) is 19.7. The fraction of sp³-hybridized carbons (Fsp3) is 0.500. The predicted octanol–water partition coefficient (Wildman–Crippen LogP) is 1.90. The van der Waals surface area contributed by atoms with Crippen LogP contribution in [0.2, 0.25) is 0 Å². The van der Waals surface area contributed by atoms with Gasteiger partial charge < -0.3 is 19.7 Å². The van der Waals surface area contributed by atoms with E-state index in [4.69, 9.17) is 24.3 Å². The molecule has 33 heavy (non-hydrogen) atoms. The Balaban J connectivity index is 1.72. The number of esters is 1. The average Bonchev–Trinajstić information content (AvgIpc) is 3.38. The maximum atomic E-state index is 13.5. The summed E-state index contributed by atoms with van der Waals surface area (Å²) in [4.78, 5) is 27.0. The van der Waals surface area contributed by atoms with Gasteiger partial charge in [0.25, 0.3) is 5.91 Å². The SMILES string of the molecule is COC(=O)C(C)NP(=O)(OCC1OC(n2cnc(C(N)=O)n2)C(C)C1C)Oc1ccccc1. The van der Waals surface area contributed by atoms with Crippen molar-refractivity contribution in [2.24, 2.45) is 17.6 Å². The normalized spacial score (nSPS) is 25.2. The number of ether oxygens (including phenoxy) is 2. The molecular weight excluding hydrogens is 453 g/mol. The van der Waals surface area contributed by atoms with Crippen LogP contribution in [0.25, 0.3) is 0 Å². The summed E-state index contributed by atoms with van der Waals surface area (Å²) in [5, 5.41) is 6.67. The molecule has 1 aromatic carbocycles.